The number of carbonyl (C=O) groups is 1. The van der Waals surface area contributed by atoms with Crippen molar-refractivity contribution in [3.63, 3.8) is 0 Å². The maximum Gasteiger partial charge on any atom is 0.0414 e. The second kappa shape index (κ2) is 10.8. The fourth-order valence-electron chi connectivity index (χ4n) is 2.84. The van der Waals surface area contributed by atoms with Gasteiger partial charge in [0.15, 0.2) is 0 Å². The van der Waals surface area contributed by atoms with Gasteiger partial charge in [-0.15, -0.1) is 0 Å². The summed E-state index contributed by atoms with van der Waals surface area (Å²) in [6, 6.07) is 0. The van der Waals surface area contributed by atoms with E-state index < -0.39 is 5.97 Å². The third kappa shape index (κ3) is 7.82. The molecule has 0 aromatic heterocycles. The summed E-state index contributed by atoms with van der Waals surface area (Å²) in [5.41, 5.74) is 0. The molecule has 0 aromatic carbocycles. The van der Waals surface area contributed by atoms with Crippen LogP contribution in [0, 0.1) is 0 Å². The third-order valence-electron chi connectivity index (χ3n) is 4.13. The van der Waals surface area contributed by atoms with Crippen molar-refractivity contribution in [2.24, 2.45) is 0 Å². The lowest BCUT2D eigenvalue weighted by molar-refractivity contribution is -0.305. The number of aliphatic carboxylic acids is 1. The fraction of sp³-hybridized carbons (Fsp3) is 0.938. The molecule has 0 aliphatic carbocycles. The quantitative estimate of drug-likeness (QED) is 0.390. The van der Waals surface area contributed by atoms with Gasteiger partial charge in [-0.1, -0.05) is 73.5 Å². The molecule has 0 N–H and O–H groups in total. The summed E-state index contributed by atoms with van der Waals surface area (Å²) in [5.74, 6) is 0.365. The minimum Gasteiger partial charge on any atom is -0.550 e. The van der Waals surface area contributed by atoms with Crippen LogP contribution in [0.1, 0.15) is 84.0 Å². The van der Waals surface area contributed by atoms with Gasteiger partial charge in [-0.05, 0) is 32.1 Å². The average molecular weight is 318 g/mol. The Balaban J connectivity index is 2.15. The molecule has 20 heavy (non-hydrogen) atoms. The lowest BCUT2D eigenvalue weighted by Crippen LogP contribution is -2.23. The summed E-state index contributed by atoms with van der Waals surface area (Å²) in [5, 5.41) is 10.5. The molecule has 1 aliphatic rings. The highest BCUT2D eigenvalue weighted by Crippen LogP contribution is 2.52. The molecule has 0 spiro atoms. The Morgan fingerprint density at radius 1 is 1.05 bits per heavy atom. The predicted octanol–water partition coefficient (Wildman–Crippen LogP) is 4.57. The fourth-order valence-corrected chi connectivity index (χ4v) is 6.42. The van der Waals surface area contributed by atoms with E-state index >= 15 is 0 Å². The van der Waals surface area contributed by atoms with Gasteiger partial charge >= 0.3 is 0 Å². The molecule has 0 bridgehead atoms. The monoisotopic (exact) mass is 317 g/mol. The number of hydrogen-bond acceptors (Lipinski definition) is 4. The van der Waals surface area contributed by atoms with Gasteiger partial charge in [0.1, 0.15) is 0 Å². The molecule has 2 nitrogen and oxygen atoms in total. The molecule has 1 aliphatic heterocycles. The van der Waals surface area contributed by atoms with Crippen molar-refractivity contribution in [1.82, 2.24) is 0 Å². The van der Waals surface area contributed by atoms with Gasteiger partial charge in [-0.25, -0.2) is 0 Å². The molecule has 1 heterocycles. The van der Waals surface area contributed by atoms with Crippen LogP contribution in [0.4, 0.5) is 0 Å². The van der Waals surface area contributed by atoms with Gasteiger partial charge < -0.3 is 9.90 Å². The van der Waals surface area contributed by atoms with Crippen LogP contribution in [-0.2, 0) is 4.79 Å². The molecule has 0 saturated carbocycles. The zero-order valence-corrected chi connectivity index (χ0v) is 14.5. The molecule has 0 radical (unpaired) electrons. The van der Waals surface area contributed by atoms with Crippen LogP contribution in [0.5, 0.6) is 0 Å². The minimum absolute atomic E-state index is 0.227. The summed E-state index contributed by atoms with van der Waals surface area (Å²) in [7, 11) is 4.08. The van der Waals surface area contributed by atoms with Crippen molar-refractivity contribution in [2.45, 2.75) is 88.7 Å². The largest absolute Gasteiger partial charge is 0.550 e. The Kier molecular flexibility index (Phi) is 9.87. The standard InChI is InChI=1S/C16H30O2S2/c1-2-3-4-5-6-8-11-16(13-14-19-20-16)12-9-7-10-15(17)18/h2-14H2,1H3,(H,17,18)/p-1. The Bertz CT molecular complexity index is 263. The first-order valence-electron chi connectivity index (χ1n) is 8.19. The van der Waals surface area contributed by atoms with Gasteiger partial charge in [0.05, 0.1) is 0 Å². The maximum atomic E-state index is 10.5. The topological polar surface area (TPSA) is 40.1 Å². The molecular weight excluding hydrogens is 288 g/mol. The first kappa shape index (κ1) is 18.2. The molecule has 0 amide bonds. The van der Waals surface area contributed by atoms with Crippen LogP contribution in [0.2, 0.25) is 0 Å². The van der Waals surface area contributed by atoms with Crippen LogP contribution in [0.3, 0.4) is 0 Å². The lowest BCUT2D eigenvalue weighted by Gasteiger charge is -2.27. The highest BCUT2D eigenvalue weighted by molar-refractivity contribution is 8.77. The van der Waals surface area contributed by atoms with Crippen LogP contribution in [-0.4, -0.2) is 16.5 Å². The molecule has 0 aromatic rings. The molecule has 1 saturated heterocycles. The Morgan fingerprint density at radius 3 is 2.30 bits per heavy atom. The van der Waals surface area contributed by atoms with Crippen molar-refractivity contribution < 1.29 is 9.90 Å². The van der Waals surface area contributed by atoms with Crippen molar-refractivity contribution in [2.75, 3.05) is 5.75 Å². The average Bonchev–Trinajstić information content (AvgIpc) is 2.88. The summed E-state index contributed by atoms with van der Waals surface area (Å²) >= 11 is 0. The molecule has 1 atom stereocenters. The zero-order valence-electron chi connectivity index (χ0n) is 12.8. The van der Waals surface area contributed by atoms with Gasteiger partial charge in [0.25, 0.3) is 0 Å². The van der Waals surface area contributed by atoms with E-state index in [4.69, 9.17) is 0 Å². The van der Waals surface area contributed by atoms with E-state index in [0.29, 0.717) is 4.75 Å². The molecule has 1 fully saturated rings. The Morgan fingerprint density at radius 2 is 1.70 bits per heavy atom. The Labute approximate surface area is 132 Å². The zero-order chi connectivity index (χ0) is 14.7. The minimum atomic E-state index is -0.900. The summed E-state index contributed by atoms with van der Waals surface area (Å²) in [6.07, 6.45) is 14.0. The second-order valence-corrected chi connectivity index (χ2v) is 8.82. The summed E-state index contributed by atoms with van der Waals surface area (Å²) in [4.78, 5) is 10.5. The van der Waals surface area contributed by atoms with E-state index in [1.54, 1.807) is 0 Å². The van der Waals surface area contributed by atoms with Crippen LogP contribution >= 0.6 is 21.6 Å². The first-order chi connectivity index (χ1) is 9.68. The normalized spacial score (nSPS) is 22.2. The number of unbranched alkanes of at least 4 members (excludes halogenated alkanes) is 6. The summed E-state index contributed by atoms with van der Waals surface area (Å²) < 4.78 is 0.446. The van der Waals surface area contributed by atoms with E-state index in [2.05, 4.69) is 17.7 Å². The first-order valence-corrected chi connectivity index (χ1v) is 10.5. The van der Waals surface area contributed by atoms with E-state index in [9.17, 15) is 9.90 Å². The van der Waals surface area contributed by atoms with Gasteiger partial charge in [-0.3, -0.25) is 0 Å². The number of rotatable bonds is 12. The van der Waals surface area contributed by atoms with Crippen LogP contribution < -0.4 is 5.11 Å². The highest BCUT2D eigenvalue weighted by Gasteiger charge is 2.34. The van der Waals surface area contributed by atoms with Gasteiger partial charge in [-0.2, -0.15) is 0 Å². The molecule has 1 unspecified atom stereocenters. The molecule has 118 valence electrons. The van der Waals surface area contributed by atoms with Crippen molar-refractivity contribution in [3.05, 3.63) is 0 Å². The number of carboxylic acids is 1. The smallest absolute Gasteiger partial charge is 0.0414 e. The molecule has 1 rings (SSSR count). The molecule has 4 heteroatoms. The van der Waals surface area contributed by atoms with E-state index in [-0.39, 0.29) is 6.42 Å². The SMILES string of the molecule is CCCCCCCCC1(CCCCC(=O)[O-])CCSS1. The number of carboxylic acid groups (broad SMARTS) is 1. The number of carbonyl (C=O) groups excluding carboxylic acids is 1. The van der Waals surface area contributed by atoms with Crippen molar-refractivity contribution in [1.29, 1.82) is 0 Å². The van der Waals surface area contributed by atoms with E-state index in [1.165, 1.54) is 63.5 Å². The number of hydrogen-bond donors (Lipinski definition) is 0. The van der Waals surface area contributed by atoms with E-state index in [0.717, 1.165) is 12.8 Å². The van der Waals surface area contributed by atoms with Gasteiger partial charge in [0.2, 0.25) is 0 Å². The molecular formula is C16H29O2S2-. The summed E-state index contributed by atoms with van der Waals surface area (Å²) in [6.45, 7) is 2.26. The van der Waals surface area contributed by atoms with Crippen molar-refractivity contribution >= 4 is 27.6 Å². The second-order valence-electron chi connectivity index (χ2n) is 5.94. The van der Waals surface area contributed by atoms with Crippen LogP contribution in [0.25, 0.3) is 0 Å². The van der Waals surface area contributed by atoms with E-state index in [1.807, 2.05) is 10.8 Å². The third-order valence-corrected chi connectivity index (χ3v) is 7.49. The van der Waals surface area contributed by atoms with Crippen LogP contribution in [0.15, 0.2) is 0 Å². The Hall–Kier alpha value is 0.170. The van der Waals surface area contributed by atoms with Crippen molar-refractivity contribution in [3.8, 4) is 0 Å². The highest BCUT2D eigenvalue weighted by atomic mass is 33.1. The lowest BCUT2D eigenvalue weighted by atomic mass is 9.91. The van der Waals surface area contributed by atoms with Gasteiger partial charge in [0, 0.05) is 16.5 Å². The maximum absolute atomic E-state index is 10.5. The predicted molar refractivity (Wildman–Crippen MR) is 88.9 cm³/mol.